The molecular formula is C18H27F3O5Si. The van der Waals surface area contributed by atoms with Gasteiger partial charge in [0, 0.05) is 26.4 Å². The lowest BCUT2D eigenvalue weighted by atomic mass is 9.69. The summed E-state index contributed by atoms with van der Waals surface area (Å²) in [4.78, 5) is 12.9. The first kappa shape index (κ1) is 20.7. The van der Waals surface area contributed by atoms with Gasteiger partial charge in [-0.2, -0.15) is 13.2 Å². The Morgan fingerprint density at radius 3 is 2.33 bits per heavy atom. The first-order valence-electron chi connectivity index (χ1n) is 9.34. The summed E-state index contributed by atoms with van der Waals surface area (Å²) in [6, 6.07) is 0. The van der Waals surface area contributed by atoms with Gasteiger partial charge in [0.05, 0.1) is 11.9 Å². The van der Waals surface area contributed by atoms with Crippen molar-refractivity contribution >= 4 is 14.3 Å². The minimum absolute atomic E-state index is 0.125. The number of hydrogen-bond acceptors (Lipinski definition) is 5. The van der Waals surface area contributed by atoms with Crippen molar-refractivity contribution in [1.29, 1.82) is 0 Å². The van der Waals surface area contributed by atoms with Gasteiger partial charge < -0.3 is 18.6 Å². The van der Waals surface area contributed by atoms with Gasteiger partial charge in [-0.05, 0) is 38.6 Å². The third-order valence-electron chi connectivity index (χ3n) is 5.43. The van der Waals surface area contributed by atoms with E-state index in [0.29, 0.717) is 18.6 Å². The number of carbonyl (C=O) groups is 1. The largest absolute Gasteiger partial charge is 0.547 e. The molecule has 0 amide bonds. The van der Waals surface area contributed by atoms with E-state index < -0.39 is 43.9 Å². The summed E-state index contributed by atoms with van der Waals surface area (Å²) in [6.07, 6.45) is -3.46. The summed E-state index contributed by atoms with van der Waals surface area (Å²) in [5, 5.41) is 0. The molecule has 1 heterocycles. The topological polar surface area (TPSA) is 54.0 Å². The molecule has 0 aromatic rings. The molecule has 0 aromatic carbocycles. The molecule has 1 saturated heterocycles. The molecule has 1 saturated carbocycles. The van der Waals surface area contributed by atoms with Gasteiger partial charge in [0.25, 0.3) is 0 Å². The molecule has 3 aliphatic rings. The van der Waals surface area contributed by atoms with Crippen LogP contribution in [0.15, 0.2) is 11.8 Å². The fourth-order valence-electron chi connectivity index (χ4n) is 4.31. The first-order valence-corrected chi connectivity index (χ1v) is 12.7. The quantitative estimate of drug-likeness (QED) is 0.515. The van der Waals surface area contributed by atoms with E-state index in [0.717, 1.165) is 26.4 Å². The summed E-state index contributed by atoms with van der Waals surface area (Å²) in [6.45, 7) is 5.83. The van der Waals surface area contributed by atoms with Crippen molar-refractivity contribution in [2.24, 2.45) is 5.41 Å². The maximum Gasteiger partial charge on any atom is 0.410 e. The van der Waals surface area contributed by atoms with Crippen LogP contribution in [0.2, 0.25) is 19.6 Å². The number of carbonyl (C=O) groups excluding carboxylic acids is 1. The van der Waals surface area contributed by atoms with Gasteiger partial charge in [0.15, 0.2) is 0 Å². The number of fused-ring (bicyclic) bond motifs is 1. The summed E-state index contributed by atoms with van der Waals surface area (Å²) in [5.74, 6) is -2.18. The number of ether oxygens (including phenoxy) is 3. The van der Waals surface area contributed by atoms with Crippen molar-refractivity contribution in [2.75, 3.05) is 7.11 Å². The second kappa shape index (κ2) is 6.77. The normalized spacial score (nSPS) is 33.9. The lowest BCUT2D eigenvalue weighted by Crippen LogP contribution is -2.69. The molecule has 0 N–H and O–H groups in total. The molecule has 27 heavy (non-hydrogen) atoms. The number of hydrogen-bond donors (Lipinski definition) is 0. The molecule has 0 radical (unpaired) electrons. The molecule has 3 atom stereocenters. The van der Waals surface area contributed by atoms with E-state index in [4.69, 9.17) is 18.6 Å². The number of alkyl halides is 3. The fourth-order valence-corrected chi connectivity index (χ4v) is 5.24. The van der Waals surface area contributed by atoms with E-state index >= 15 is 0 Å². The average molecular weight is 408 g/mol. The van der Waals surface area contributed by atoms with E-state index in [1.165, 1.54) is 6.08 Å². The zero-order valence-corrected chi connectivity index (χ0v) is 17.1. The van der Waals surface area contributed by atoms with Gasteiger partial charge in [-0.1, -0.05) is 6.42 Å². The molecule has 5 nitrogen and oxygen atoms in total. The van der Waals surface area contributed by atoms with E-state index in [-0.39, 0.29) is 6.42 Å². The Morgan fingerprint density at radius 1 is 1.19 bits per heavy atom. The van der Waals surface area contributed by atoms with Crippen LogP contribution >= 0.6 is 0 Å². The maximum absolute atomic E-state index is 14.3. The second-order valence-electron chi connectivity index (χ2n) is 8.54. The van der Waals surface area contributed by atoms with E-state index in [1.807, 2.05) is 19.6 Å². The van der Waals surface area contributed by atoms with Gasteiger partial charge in [0.1, 0.15) is 6.10 Å². The molecule has 0 aromatic heterocycles. The summed E-state index contributed by atoms with van der Waals surface area (Å²) >= 11 is 0. The molecule has 2 aliphatic carbocycles. The van der Waals surface area contributed by atoms with Crippen LogP contribution < -0.4 is 0 Å². The Balaban J connectivity index is 2.05. The predicted octanol–water partition coefficient (Wildman–Crippen LogP) is 4.29. The minimum Gasteiger partial charge on any atom is -0.547 e. The Kier molecular flexibility index (Phi) is 5.18. The maximum atomic E-state index is 14.3. The van der Waals surface area contributed by atoms with E-state index in [2.05, 4.69) is 0 Å². The van der Waals surface area contributed by atoms with Gasteiger partial charge in [-0.3, -0.25) is 4.79 Å². The van der Waals surface area contributed by atoms with Gasteiger partial charge in [-0.15, -0.1) is 0 Å². The zero-order valence-electron chi connectivity index (χ0n) is 16.1. The zero-order chi connectivity index (χ0) is 20.1. The number of rotatable bonds is 3. The summed E-state index contributed by atoms with van der Waals surface area (Å²) < 4.78 is 65.2. The fraction of sp³-hybridized carbons (Fsp3) is 0.833. The molecule has 154 valence electrons. The van der Waals surface area contributed by atoms with Crippen LogP contribution in [0.3, 0.4) is 0 Å². The van der Waals surface area contributed by atoms with Crippen LogP contribution in [0.25, 0.3) is 0 Å². The standard InChI is InChI=1S/C18H27F3O5Si/c1-23-13-10-12(26-27(2,3)4)11-14-17(13,18(19,20)21)15(22)25-16(24-14)8-6-5-7-9-16/h10,13-14H,5-9,11H2,1-4H3/t13-,14+,17+/m0/s1. The second-order valence-corrected chi connectivity index (χ2v) is 13.0. The van der Waals surface area contributed by atoms with Gasteiger partial charge in [-0.25, -0.2) is 0 Å². The van der Waals surface area contributed by atoms with Crippen molar-refractivity contribution in [3.05, 3.63) is 11.8 Å². The van der Waals surface area contributed by atoms with Crippen molar-refractivity contribution in [2.45, 2.75) is 82.3 Å². The molecule has 1 aliphatic heterocycles. The third-order valence-corrected chi connectivity index (χ3v) is 6.30. The molecule has 9 heteroatoms. The van der Waals surface area contributed by atoms with Gasteiger partial charge in [0.2, 0.25) is 19.5 Å². The molecule has 2 fully saturated rings. The smallest absolute Gasteiger partial charge is 0.410 e. The van der Waals surface area contributed by atoms with Crippen LogP contribution in [-0.4, -0.2) is 45.6 Å². The number of esters is 1. The highest BCUT2D eigenvalue weighted by Gasteiger charge is 2.75. The average Bonchev–Trinajstić information content (AvgIpc) is 2.51. The number of methoxy groups -OCH3 is 1. The van der Waals surface area contributed by atoms with Crippen molar-refractivity contribution in [3.63, 3.8) is 0 Å². The van der Waals surface area contributed by atoms with Crippen LogP contribution in [0, 0.1) is 5.41 Å². The highest BCUT2D eigenvalue weighted by molar-refractivity contribution is 6.70. The molecule has 3 rings (SSSR count). The van der Waals surface area contributed by atoms with Gasteiger partial charge >= 0.3 is 12.1 Å². The molecule has 1 spiro atoms. The SMILES string of the molecule is CO[C@H]1C=C(O[Si](C)(C)C)C[C@H]2OC3(CCCCC3)OC(=O)[C@@]12C(F)(F)F. The lowest BCUT2D eigenvalue weighted by Gasteiger charge is -2.54. The minimum atomic E-state index is -4.88. The third kappa shape index (κ3) is 3.53. The van der Waals surface area contributed by atoms with Crippen LogP contribution in [0.1, 0.15) is 38.5 Å². The van der Waals surface area contributed by atoms with Crippen molar-refractivity contribution in [1.82, 2.24) is 0 Å². The molecular weight excluding hydrogens is 381 g/mol. The first-order chi connectivity index (χ1) is 12.4. The van der Waals surface area contributed by atoms with E-state index in [9.17, 15) is 18.0 Å². The Hall–Kier alpha value is -1.06. The lowest BCUT2D eigenvalue weighted by molar-refractivity contribution is -0.370. The van der Waals surface area contributed by atoms with Crippen molar-refractivity contribution in [3.8, 4) is 0 Å². The van der Waals surface area contributed by atoms with Crippen LogP contribution in [0.4, 0.5) is 13.2 Å². The monoisotopic (exact) mass is 408 g/mol. The Morgan fingerprint density at radius 2 is 1.81 bits per heavy atom. The number of halogens is 3. The van der Waals surface area contributed by atoms with Crippen LogP contribution in [0.5, 0.6) is 0 Å². The predicted molar refractivity (Wildman–Crippen MR) is 93.2 cm³/mol. The van der Waals surface area contributed by atoms with Crippen molar-refractivity contribution < 1.29 is 36.6 Å². The summed E-state index contributed by atoms with van der Waals surface area (Å²) in [7, 11) is -0.901. The summed E-state index contributed by atoms with van der Waals surface area (Å²) in [5.41, 5.74) is -2.88. The Labute approximate surface area is 158 Å². The van der Waals surface area contributed by atoms with E-state index in [1.54, 1.807) is 0 Å². The highest BCUT2D eigenvalue weighted by Crippen LogP contribution is 2.57. The molecule has 0 unspecified atom stereocenters. The Bertz CT molecular complexity index is 621. The molecule has 0 bridgehead atoms. The van der Waals surface area contributed by atoms with Crippen LogP contribution in [-0.2, 0) is 23.4 Å². The highest BCUT2D eigenvalue weighted by atomic mass is 28.4.